The third-order valence-corrected chi connectivity index (χ3v) is 5.59. The minimum atomic E-state index is -3.15. The third kappa shape index (κ3) is 4.18. The van der Waals surface area contributed by atoms with Crippen LogP contribution in [0.5, 0.6) is 0 Å². The summed E-state index contributed by atoms with van der Waals surface area (Å²) in [7, 11) is -3.15. The van der Waals surface area contributed by atoms with E-state index in [4.69, 9.17) is 11.6 Å². The monoisotopic (exact) mass is 302 g/mol. The smallest absolute Gasteiger partial charge is 0.215 e. The van der Waals surface area contributed by atoms with Crippen molar-refractivity contribution in [2.24, 2.45) is 0 Å². The summed E-state index contributed by atoms with van der Waals surface area (Å²) in [6, 6.07) is 10.2. The zero-order valence-corrected chi connectivity index (χ0v) is 12.4. The first-order valence-corrected chi connectivity index (χ1v) is 8.56. The normalized spacial score (nSPS) is 18.6. The predicted molar refractivity (Wildman–Crippen MR) is 77.8 cm³/mol. The number of alkyl halides is 1. The molecule has 0 unspecified atom stereocenters. The van der Waals surface area contributed by atoms with E-state index >= 15 is 0 Å². The molecule has 2 rings (SSSR count). The van der Waals surface area contributed by atoms with E-state index in [0.29, 0.717) is 13.1 Å². The predicted octanol–water partition coefficient (Wildman–Crippen LogP) is 1.37. The van der Waals surface area contributed by atoms with E-state index in [9.17, 15) is 8.42 Å². The first kappa shape index (κ1) is 14.8. The number of rotatable bonds is 5. The van der Waals surface area contributed by atoms with Gasteiger partial charge in [-0.2, -0.15) is 4.31 Å². The first-order valence-electron chi connectivity index (χ1n) is 6.42. The number of hydrogen-bond acceptors (Lipinski definition) is 3. The summed E-state index contributed by atoms with van der Waals surface area (Å²) < 4.78 is 25.3. The Morgan fingerprint density at radius 3 is 2.26 bits per heavy atom. The van der Waals surface area contributed by atoms with Crippen molar-refractivity contribution in [1.82, 2.24) is 9.21 Å². The van der Waals surface area contributed by atoms with E-state index in [1.165, 1.54) is 5.56 Å². The maximum absolute atomic E-state index is 11.9. The minimum Gasteiger partial charge on any atom is -0.296 e. The average molecular weight is 303 g/mol. The molecule has 4 nitrogen and oxygen atoms in total. The highest BCUT2D eigenvalue weighted by Gasteiger charge is 2.26. The van der Waals surface area contributed by atoms with Gasteiger partial charge in [-0.1, -0.05) is 30.3 Å². The van der Waals surface area contributed by atoms with Crippen molar-refractivity contribution >= 4 is 21.6 Å². The molecular formula is C13H19ClN2O2S. The van der Waals surface area contributed by atoms with Gasteiger partial charge in [-0.25, -0.2) is 8.42 Å². The zero-order chi connectivity index (χ0) is 13.7. The number of sulfonamides is 1. The summed E-state index contributed by atoms with van der Waals surface area (Å²) in [6.45, 7) is 3.55. The Morgan fingerprint density at radius 1 is 1.05 bits per heavy atom. The number of halogens is 1. The molecule has 0 saturated carbocycles. The molecule has 0 spiro atoms. The molecule has 0 atom stereocenters. The van der Waals surface area contributed by atoms with Gasteiger partial charge in [0.25, 0.3) is 0 Å². The summed E-state index contributed by atoms with van der Waals surface area (Å²) in [5, 5.41) is 0. The van der Waals surface area contributed by atoms with Gasteiger partial charge in [0, 0.05) is 38.6 Å². The van der Waals surface area contributed by atoms with Gasteiger partial charge in [-0.3, -0.25) is 4.90 Å². The fourth-order valence-electron chi connectivity index (χ4n) is 2.23. The van der Waals surface area contributed by atoms with Crippen molar-refractivity contribution < 1.29 is 8.42 Å². The second-order valence-electron chi connectivity index (χ2n) is 4.67. The Hall–Kier alpha value is -0.620. The van der Waals surface area contributed by atoms with E-state index in [-0.39, 0.29) is 11.6 Å². The first-order chi connectivity index (χ1) is 9.12. The van der Waals surface area contributed by atoms with Gasteiger partial charge >= 0.3 is 0 Å². The zero-order valence-electron chi connectivity index (χ0n) is 10.8. The molecule has 1 aliphatic rings. The fraction of sp³-hybridized carbons (Fsp3) is 0.538. The molecule has 0 N–H and O–H groups in total. The van der Waals surface area contributed by atoms with Crippen molar-refractivity contribution in [1.29, 1.82) is 0 Å². The van der Waals surface area contributed by atoms with Gasteiger partial charge in [-0.15, -0.1) is 11.6 Å². The molecule has 19 heavy (non-hydrogen) atoms. The van der Waals surface area contributed by atoms with Crippen LogP contribution in [0.25, 0.3) is 0 Å². The van der Waals surface area contributed by atoms with Gasteiger partial charge < -0.3 is 0 Å². The van der Waals surface area contributed by atoms with Crippen LogP contribution in [0.15, 0.2) is 30.3 Å². The molecule has 0 amide bonds. The van der Waals surface area contributed by atoms with Gasteiger partial charge in [-0.05, 0) is 5.56 Å². The lowest BCUT2D eigenvalue weighted by atomic mass is 10.2. The van der Waals surface area contributed by atoms with Crippen LogP contribution < -0.4 is 0 Å². The lowest BCUT2D eigenvalue weighted by molar-refractivity contribution is 0.182. The van der Waals surface area contributed by atoms with Crippen LogP contribution in [0.4, 0.5) is 0 Å². The molecule has 6 heteroatoms. The van der Waals surface area contributed by atoms with Gasteiger partial charge in [0.2, 0.25) is 10.0 Å². The molecule has 0 radical (unpaired) electrons. The lowest BCUT2D eigenvalue weighted by Gasteiger charge is -2.33. The molecule has 0 aliphatic carbocycles. The molecule has 1 fully saturated rings. The van der Waals surface area contributed by atoms with Crippen molar-refractivity contribution in [3.8, 4) is 0 Å². The summed E-state index contributed by atoms with van der Waals surface area (Å²) in [6.07, 6.45) is 0. The SMILES string of the molecule is O=S(=O)(CCCl)N1CCN(Cc2ccccc2)CC1. The Bertz CT molecular complexity index is 485. The van der Waals surface area contributed by atoms with E-state index in [0.717, 1.165) is 19.6 Å². The Morgan fingerprint density at radius 2 is 1.68 bits per heavy atom. The second-order valence-corrected chi connectivity index (χ2v) is 7.13. The summed E-state index contributed by atoms with van der Waals surface area (Å²) in [4.78, 5) is 2.28. The molecule has 0 bridgehead atoms. The van der Waals surface area contributed by atoms with E-state index in [1.807, 2.05) is 18.2 Å². The third-order valence-electron chi connectivity index (χ3n) is 3.31. The van der Waals surface area contributed by atoms with E-state index in [1.54, 1.807) is 4.31 Å². The standard InChI is InChI=1S/C13H19ClN2O2S/c14-6-11-19(17,18)16-9-7-15(8-10-16)12-13-4-2-1-3-5-13/h1-5H,6-12H2. The number of benzene rings is 1. The van der Waals surface area contributed by atoms with E-state index in [2.05, 4.69) is 17.0 Å². The van der Waals surface area contributed by atoms with Crippen molar-refractivity contribution in [2.45, 2.75) is 6.54 Å². The molecule has 1 aliphatic heterocycles. The molecule has 0 aromatic heterocycles. The summed E-state index contributed by atoms with van der Waals surface area (Å²) in [5.41, 5.74) is 1.26. The van der Waals surface area contributed by atoms with E-state index < -0.39 is 10.0 Å². The van der Waals surface area contributed by atoms with Crippen molar-refractivity contribution in [2.75, 3.05) is 37.8 Å². The topological polar surface area (TPSA) is 40.6 Å². The average Bonchev–Trinajstić information content (AvgIpc) is 2.40. The minimum absolute atomic E-state index is 0.0350. The van der Waals surface area contributed by atoms with Crippen LogP contribution in [0.2, 0.25) is 0 Å². The lowest BCUT2D eigenvalue weighted by Crippen LogP contribution is -2.48. The van der Waals surface area contributed by atoms with Crippen molar-refractivity contribution in [3.05, 3.63) is 35.9 Å². The van der Waals surface area contributed by atoms with Crippen LogP contribution in [0.1, 0.15) is 5.56 Å². The van der Waals surface area contributed by atoms with Gasteiger partial charge in [0.05, 0.1) is 5.75 Å². The fourth-order valence-corrected chi connectivity index (χ4v) is 3.99. The van der Waals surface area contributed by atoms with Crippen LogP contribution in [0.3, 0.4) is 0 Å². The quantitative estimate of drug-likeness (QED) is 0.772. The maximum atomic E-state index is 11.9. The summed E-state index contributed by atoms with van der Waals surface area (Å²) >= 11 is 5.53. The summed E-state index contributed by atoms with van der Waals surface area (Å²) in [5.74, 6) is 0.194. The van der Waals surface area contributed by atoms with Crippen LogP contribution in [0, 0.1) is 0 Å². The highest BCUT2D eigenvalue weighted by atomic mass is 35.5. The highest BCUT2D eigenvalue weighted by Crippen LogP contribution is 2.11. The van der Waals surface area contributed by atoms with Crippen LogP contribution in [-0.4, -0.2) is 55.4 Å². The molecule has 1 heterocycles. The largest absolute Gasteiger partial charge is 0.296 e. The second kappa shape index (κ2) is 6.70. The number of piperazine rings is 1. The molecule has 1 saturated heterocycles. The van der Waals surface area contributed by atoms with Crippen molar-refractivity contribution in [3.63, 3.8) is 0 Å². The highest BCUT2D eigenvalue weighted by molar-refractivity contribution is 7.89. The van der Waals surface area contributed by atoms with Gasteiger partial charge in [0.15, 0.2) is 0 Å². The van der Waals surface area contributed by atoms with Gasteiger partial charge in [0.1, 0.15) is 0 Å². The molecular weight excluding hydrogens is 284 g/mol. The molecule has 1 aromatic rings. The van der Waals surface area contributed by atoms with Crippen LogP contribution >= 0.6 is 11.6 Å². The Balaban J connectivity index is 1.86. The number of nitrogens with zero attached hydrogens (tertiary/aromatic N) is 2. The maximum Gasteiger partial charge on any atom is 0.215 e. The molecule has 1 aromatic carbocycles. The Kier molecular flexibility index (Phi) is 5.21. The Labute approximate surface area is 120 Å². The number of hydrogen-bond donors (Lipinski definition) is 0. The van der Waals surface area contributed by atoms with Crippen LogP contribution in [-0.2, 0) is 16.6 Å². The molecule has 106 valence electrons.